The molecule has 0 unspecified atom stereocenters. The van der Waals surface area contributed by atoms with E-state index in [1.54, 1.807) is 0 Å². The summed E-state index contributed by atoms with van der Waals surface area (Å²) in [6, 6.07) is 0. The summed E-state index contributed by atoms with van der Waals surface area (Å²) in [5.74, 6) is -0.0495. The summed E-state index contributed by atoms with van der Waals surface area (Å²) in [5.41, 5.74) is 4.06. The number of rotatable bonds is 1. The van der Waals surface area contributed by atoms with Gasteiger partial charge in [-0.05, 0) is 0 Å². The molecular formula is C6H10N4O4. The molecule has 1 aromatic heterocycles. The van der Waals surface area contributed by atoms with E-state index in [9.17, 15) is 9.59 Å². The average Bonchev–Trinajstić information content (AvgIpc) is 2.09. The lowest BCUT2D eigenvalue weighted by atomic mass is 10.3. The summed E-state index contributed by atoms with van der Waals surface area (Å²) in [7, 11) is 1.39. The Labute approximate surface area is 77.6 Å². The lowest BCUT2D eigenvalue weighted by Gasteiger charge is -2.03. The van der Waals surface area contributed by atoms with E-state index in [2.05, 4.69) is 5.16 Å². The highest BCUT2D eigenvalue weighted by molar-refractivity contribution is 5.84. The summed E-state index contributed by atoms with van der Waals surface area (Å²) in [6.07, 6.45) is 0.869. The number of nitrogen functional groups attached to an aromatic ring is 1. The molecule has 0 bridgehead atoms. The zero-order valence-corrected chi connectivity index (χ0v) is 7.31. The summed E-state index contributed by atoms with van der Waals surface area (Å²) in [5, 5.41) is 10.9. The Balaban J connectivity index is 0.00000169. The minimum Gasteiger partial charge on any atom is -0.412 e. The third kappa shape index (κ3) is 1.80. The zero-order chi connectivity index (χ0) is 10.0. The van der Waals surface area contributed by atoms with E-state index in [4.69, 9.17) is 10.9 Å². The summed E-state index contributed by atoms with van der Waals surface area (Å²) < 4.78 is 1.04. The number of hydrogen-bond donors (Lipinski definition) is 3. The fourth-order valence-electron chi connectivity index (χ4n) is 0.837. The predicted octanol–water partition coefficient (Wildman–Crippen LogP) is -2.36. The first kappa shape index (κ1) is 11.9. The fourth-order valence-corrected chi connectivity index (χ4v) is 0.837. The van der Waals surface area contributed by atoms with Crippen molar-refractivity contribution in [2.75, 3.05) is 5.73 Å². The Morgan fingerprint density at radius 2 is 2.14 bits per heavy atom. The summed E-state index contributed by atoms with van der Waals surface area (Å²) in [4.78, 5) is 24.0. The predicted molar refractivity (Wildman–Crippen MR) is 49.7 cm³/mol. The molecule has 0 amide bonds. The maximum absolute atomic E-state index is 11.1. The molecule has 6 N–H and O–H groups in total. The number of nitrogens with zero attached hydrogens (tertiary/aromatic N) is 2. The second-order valence-electron chi connectivity index (χ2n) is 2.36. The highest BCUT2D eigenvalue weighted by Crippen LogP contribution is 1.97. The molecule has 14 heavy (non-hydrogen) atoms. The number of H-pyrrole nitrogens is 1. The molecular weight excluding hydrogens is 192 g/mol. The minimum absolute atomic E-state index is 0. The number of anilines is 1. The molecule has 1 heterocycles. The van der Waals surface area contributed by atoms with Crippen molar-refractivity contribution in [1.29, 1.82) is 0 Å². The third-order valence-electron chi connectivity index (χ3n) is 1.59. The van der Waals surface area contributed by atoms with Crippen LogP contribution in [0.2, 0.25) is 0 Å². The smallest absolute Gasteiger partial charge is 0.329 e. The number of oxime groups is 1. The standard InChI is InChI=1S/C6H8N4O3.H2O/c1-10-4(7)3(2-8-13)5(11)9-6(10)12;/h2,13H,7H2,1H3,(H,9,11,12);1H2/b8-2+;. The Bertz CT molecular complexity index is 458. The Morgan fingerprint density at radius 1 is 1.57 bits per heavy atom. The van der Waals surface area contributed by atoms with E-state index in [0.717, 1.165) is 10.8 Å². The zero-order valence-electron chi connectivity index (χ0n) is 7.31. The molecule has 0 aliphatic carbocycles. The maximum atomic E-state index is 11.1. The Morgan fingerprint density at radius 3 is 2.64 bits per heavy atom. The van der Waals surface area contributed by atoms with Crippen LogP contribution < -0.4 is 17.0 Å². The van der Waals surface area contributed by atoms with Crippen LogP contribution in [0.1, 0.15) is 5.56 Å². The van der Waals surface area contributed by atoms with Crippen LogP contribution in [0.25, 0.3) is 0 Å². The normalized spacial score (nSPS) is 10.1. The Kier molecular flexibility index (Phi) is 3.60. The molecule has 0 aliphatic rings. The van der Waals surface area contributed by atoms with Gasteiger partial charge in [-0.3, -0.25) is 14.3 Å². The van der Waals surface area contributed by atoms with E-state index in [1.807, 2.05) is 4.98 Å². The molecule has 1 aromatic rings. The quantitative estimate of drug-likeness (QED) is 0.265. The first-order valence-electron chi connectivity index (χ1n) is 3.34. The van der Waals surface area contributed by atoms with Crippen LogP contribution in [-0.4, -0.2) is 26.4 Å². The minimum atomic E-state index is -0.682. The number of nitrogens with one attached hydrogen (secondary N) is 1. The molecule has 8 heteroatoms. The van der Waals surface area contributed by atoms with Gasteiger partial charge in [0.25, 0.3) is 5.56 Å². The first-order chi connectivity index (χ1) is 6.07. The molecule has 78 valence electrons. The van der Waals surface area contributed by atoms with Crippen molar-refractivity contribution in [1.82, 2.24) is 9.55 Å². The van der Waals surface area contributed by atoms with Crippen LogP contribution >= 0.6 is 0 Å². The molecule has 8 nitrogen and oxygen atoms in total. The van der Waals surface area contributed by atoms with Crippen LogP contribution in [0.3, 0.4) is 0 Å². The van der Waals surface area contributed by atoms with Crippen molar-refractivity contribution < 1.29 is 10.7 Å². The average molecular weight is 202 g/mol. The van der Waals surface area contributed by atoms with Gasteiger partial charge in [0.15, 0.2) is 0 Å². The van der Waals surface area contributed by atoms with Crippen molar-refractivity contribution >= 4 is 12.0 Å². The van der Waals surface area contributed by atoms with Gasteiger partial charge in [-0.1, -0.05) is 5.16 Å². The van der Waals surface area contributed by atoms with Gasteiger partial charge in [0, 0.05) is 7.05 Å². The van der Waals surface area contributed by atoms with Crippen molar-refractivity contribution in [3.05, 3.63) is 26.4 Å². The van der Waals surface area contributed by atoms with Gasteiger partial charge in [-0.25, -0.2) is 4.79 Å². The van der Waals surface area contributed by atoms with Gasteiger partial charge in [-0.15, -0.1) is 0 Å². The first-order valence-corrected chi connectivity index (χ1v) is 3.34. The second-order valence-corrected chi connectivity index (χ2v) is 2.36. The number of hydrogen-bond acceptors (Lipinski definition) is 5. The van der Waals surface area contributed by atoms with Crippen LogP contribution in [0, 0.1) is 0 Å². The van der Waals surface area contributed by atoms with E-state index < -0.39 is 11.2 Å². The molecule has 0 fully saturated rings. The fraction of sp³-hybridized carbons (Fsp3) is 0.167. The Hall–Kier alpha value is -2.09. The van der Waals surface area contributed by atoms with Crippen LogP contribution in [0.15, 0.2) is 14.7 Å². The van der Waals surface area contributed by atoms with Gasteiger partial charge < -0.3 is 16.4 Å². The van der Waals surface area contributed by atoms with Crippen LogP contribution in [0.5, 0.6) is 0 Å². The summed E-state index contributed by atoms with van der Waals surface area (Å²) >= 11 is 0. The van der Waals surface area contributed by atoms with Crippen LogP contribution in [0.4, 0.5) is 5.82 Å². The number of nitrogens with two attached hydrogens (primary N) is 1. The molecule has 0 spiro atoms. The van der Waals surface area contributed by atoms with Crippen molar-refractivity contribution in [2.24, 2.45) is 12.2 Å². The van der Waals surface area contributed by atoms with Gasteiger partial charge in [-0.2, -0.15) is 0 Å². The lowest BCUT2D eigenvalue weighted by molar-refractivity contribution is 0.322. The molecule has 0 aromatic carbocycles. The molecule has 1 rings (SSSR count). The molecule has 0 aliphatic heterocycles. The van der Waals surface area contributed by atoms with Crippen LogP contribution in [-0.2, 0) is 7.05 Å². The lowest BCUT2D eigenvalue weighted by Crippen LogP contribution is -2.33. The van der Waals surface area contributed by atoms with Gasteiger partial charge in [0.1, 0.15) is 11.4 Å². The highest BCUT2D eigenvalue weighted by Gasteiger charge is 2.06. The number of aromatic amines is 1. The monoisotopic (exact) mass is 202 g/mol. The molecule has 0 radical (unpaired) electrons. The number of aromatic nitrogens is 2. The topological polar surface area (TPSA) is 145 Å². The second kappa shape index (κ2) is 4.23. The van der Waals surface area contributed by atoms with E-state index in [1.165, 1.54) is 7.05 Å². The SMILES string of the molecule is Cn1c(N)c(/C=N/O)c(=O)[nH]c1=O.O. The van der Waals surface area contributed by atoms with E-state index in [-0.39, 0.29) is 16.9 Å². The summed E-state index contributed by atoms with van der Waals surface area (Å²) in [6.45, 7) is 0. The molecule has 0 saturated heterocycles. The third-order valence-corrected chi connectivity index (χ3v) is 1.59. The van der Waals surface area contributed by atoms with Crippen molar-refractivity contribution in [3.63, 3.8) is 0 Å². The maximum Gasteiger partial charge on any atom is 0.329 e. The van der Waals surface area contributed by atoms with Crippen molar-refractivity contribution in [2.45, 2.75) is 0 Å². The van der Waals surface area contributed by atoms with Gasteiger partial charge in [0.2, 0.25) is 0 Å². The van der Waals surface area contributed by atoms with Gasteiger partial charge >= 0.3 is 5.69 Å². The largest absolute Gasteiger partial charge is 0.412 e. The van der Waals surface area contributed by atoms with Gasteiger partial charge in [0.05, 0.1) is 6.21 Å². The van der Waals surface area contributed by atoms with E-state index >= 15 is 0 Å². The highest BCUT2D eigenvalue weighted by atomic mass is 16.4. The molecule has 0 atom stereocenters. The molecule has 0 saturated carbocycles. The van der Waals surface area contributed by atoms with Crippen molar-refractivity contribution in [3.8, 4) is 0 Å². The van der Waals surface area contributed by atoms with E-state index in [0.29, 0.717) is 0 Å².